The van der Waals surface area contributed by atoms with Crippen molar-refractivity contribution >= 4 is 44.6 Å². The fourth-order valence-electron chi connectivity index (χ4n) is 7.16. The smallest absolute Gasteiger partial charge is 0.509 e. The van der Waals surface area contributed by atoms with Crippen molar-refractivity contribution in [3.8, 4) is 28.4 Å². The largest absolute Gasteiger partial charge is 2.00 e. The van der Waals surface area contributed by atoms with E-state index in [1.165, 1.54) is 11.1 Å². The van der Waals surface area contributed by atoms with Crippen LogP contribution in [-0.2, 0) is 21.1 Å². The standard InChI is InChI=1S/C45H34N4O.Pt/c1-31(2)37-17-6-7-18-38(37)32-25-26-46-45(27-32)49-41-20-9-8-19-39(41)40-24-23-36(29-44(40)49)50-35-16-12-15-34(28-35)48-30-47(33-13-4-3-5-14-33)42-21-10-11-22-43(42)48;/h3-27,31H,30H2,1-2H3;/q-2;+2. The molecule has 0 bridgehead atoms. The van der Waals surface area contributed by atoms with Crippen LogP contribution in [-0.4, -0.2) is 16.2 Å². The fraction of sp³-hybridized carbons (Fsp3) is 0.0889. The maximum Gasteiger partial charge on any atom is 2.00 e. The molecule has 0 fully saturated rings. The number of hydrogen-bond acceptors (Lipinski definition) is 4. The van der Waals surface area contributed by atoms with Gasteiger partial charge in [0, 0.05) is 28.9 Å². The summed E-state index contributed by atoms with van der Waals surface area (Å²) in [6, 6.07) is 57.7. The Balaban J connectivity index is 0.00000374. The topological polar surface area (TPSA) is 33.5 Å². The molecule has 1 aliphatic heterocycles. The molecule has 0 spiro atoms. The molecule has 3 heterocycles. The van der Waals surface area contributed by atoms with Crippen molar-refractivity contribution in [2.75, 3.05) is 16.5 Å². The molecule has 51 heavy (non-hydrogen) atoms. The van der Waals surface area contributed by atoms with Crippen molar-refractivity contribution in [3.63, 3.8) is 0 Å². The molecule has 1 aliphatic rings. The van der Waals surface area contributed by atoms with Crippen molar-refractivity contribution in [1.29, 1.82) is 0 Å². The molecule has 6 aromatic carbocycles. The van der Waals surface area contributed by atoms with Gasteiger partial charge < -0.3 is 19.1 Å². The van der Waals surface area contributed by atoms with Crippen molar-refractivity contribution in [1.82, 2.24) is 9.55 Å². The molecular weight excluding hydrogens is 808 g/mol. The molecule has 0 amide bonds. The van der Waals surface area contributed by atoms with Crippen molar-refractivity contribution in [3.05, 3.63) is 169 Å². The maximum absolute atomic E-state index is 6.52. The third-order valence-electron chi connectivity index (χ3n) is 9.50. The van der Waals surface area contributed by atoms with Gasteiger partial charge in [0.2, 0.25) is 0 Å². The van der Waals surface area contributed by atoms with Gasteiger partial charge in [-0.3, -0.25) is 0 Å². The zero-order valence-corrected chi connectivity index (χ0v) is 30.5. The number of nitrogens with zero attached hydrogens (tertiary/aromatic N) is 4. The number of fused-ring (bicyclic) bond motifs is 4. The molecule has 6 heteroatoms. The molecule has 0 aliphatic carbocycles. The van der Waals surface area contributed by atoms with Crippen LogP contribution < -0.4 is 14.5 Å². The van der Waals surface area contributed by atoms with Crippen LogP contribution in [0, 0.1) is 12.1 Å². The minimum atomic E-state index is 0. The summed E-state index contributed by atoms with van der Waals surface area (Å²) in [6.07, 6.45) is 1.90. The van der Waals surface area contributed by atoms with Gasteiger partial charge in [-0.25, -0.2) is 4.98 Å². The summed E-state index contributed by atoms with van der Waals surface area (Å²) in [5.74, 6) is 2.48. The summed E-state index contributed by atoms with van der Waals surface area (Å²) in [7, 11) is 0. The first-order chi connectivity index (χ1) is 24.6. The number of pyridine rings is 1. The Morgan fingerprint density at radius 2 is 1.37 bits per heavy atom. The van der Waals surface area contributed by atoms with Crippen LogP contribution in [0.4, 0.5) is 22.7 Å². The van der Waals surface area contributed by atoms with Gasteiger partial charge in [0.1, 0.15) is 5.82 Å². The number of anilines is 4. The molecule has 0 radical (unpaired) electrons. The van der Waals surface area contributed by atoms with Crippen LogP contribution in [0.5, 0.6) is 11.5 Å². The second-order valence-corrected chi connectivity index (χ2v) is 12.9. The van der Waals surface area contributed by atoms with Crippen LogP contribution in [0.3, 0.4) is 0 Å². The Morgan fingerprint density at radius 1 is 0.647 bits per heavy atom. The van der Waals surface area contributed by atoms with Gasteiger partial charge in [-0.05, 0) is 70.5 Å². The number of rotatable bonds is 7. The Morgan fingerprint density at radius 3 is 2.22 bits per heavy atom. The van der Waals surface area contributed by atoms with Gasteiger partial charge in [-0.2, -0.15) is 12.1 Å². The Kier molecular flexibility index (Phi) is 8.67. The molecule has 0 saturated heterocycles. The van der Waals surface area contributed by atoms with Gasteiger partial charge in [-0.15, -0.1) is 35.7 Å². The number of ether oxygens (including phenoxy) is 1. The van der Waals surface area contributed by atoms with E-state index < -0.39 is 0 Å². The summed E-state index contributed by atoms with van der Waals surface area (Å²) in [5.41, 5.74) is 10.0. The van der Waals surface area contributed by atoms with Crippen molar-refractivity contribution in [2.24, 2.45) is 0 Å². The molecule has 0 unspecified atom stereocenters. The van der Waals surface area contributed by atoms with E-state index in [9.17, 15) is 0 Å². The first-order valence-electron chi connectivity index (χ1n) is 17.0. The zero-order chi connectivity index (χ0) is 33.6. The van der Waals surface area contributed by atoms with Crippen molar-refractivity contribution in [2.45, 2.75) is 19.8 Å². The van der Waals surface area contributed by atoms with Gasteiger partial charge >= 0.3 is 21.1 Å². The number of hydrogen-bond donors (Lipinski definition) is 0. The molecular formula is C45H34N4OPt. The Labute approximate surface area is 312 Å². The van der Waals surface area contributed by atoms with E-state index in [2.05, 4.69) is 162 Å². The van der Waals surface area contributed by atoms with E-state index in [-0.39, 0.29) is 21.1 Å². The zero-order valence-electron chi connectivity index (χ0n) is 28.2. The Hall–Kier alpha value is -5.64. The summed E-state index contributed by atoms with van der Waals surface area (Å²) in [5, 5.41) is 2.24. The third kappa shape index (κ3) is 5.88. The monoisotopic (exact) mass is 841 g/mol. The van der Waals surface area contributed by atoms with E-state index in [4.69, 9.17) is 9.72 Å². The van der Waals surface area contributed by atoms with E-state index >= 15 is 0 Å². The second-order valence-electron chi connectivity index (χ2n) is 12.9. The minimum Gasteiger partial charge on any atom is -0.509 e. The normalized spacial score (nSPS) is 12.4. The van der Waals surface area contributed by atoms with E-state index in [1.807, 2.05) is 30.5 Å². The molecule has 5 nitrogen and oxygen atoms in total. The van der Waals surface area contributed by atoms with E-state index in [0.29, 0.717) is 24.1 Å². The maximum atomic E-state index is 6.52. The third-order valence-corrected chi connectivity index (χ3v) is 9.50. The van der Waals surface area contributed by atoms with Crippen molar-refractivity contribution < 1.29 is 25.8 Å². The summed E-state index contributed by atoms with van der Waals surface area (Å²) in [6.45, 7) is 5.15. The van der Waals surface area contributed by atoms with Crippen LogP contribution in [0.15, 0.2) is 152 Å². The van der Waals surface area contributed by atoms with Gasteiger partial charge in [0.25, 0.3) is 0 Å². The fourth-order valence-corrected chi connectivity index (χ4v) is 7.16. The predicted molar refractivity (Wildman–Crippen MR) is 204 cm³/mol. The molecule has 0 atom stereocenters. The van der Waals surface area contributed by atoms with Crippen LogP contribution in [0.25, 0.3) is 38.8 Å². The summed E-state index contributed by atoms with van der Waals surface area (Å²) < 4.78 is 8.72. The summed E-state index contributed by atoms with van der Waals surface area (Å²) in [4.78, 5) is 9.48. The first-order valence-corrected chi connectivity index (χ1v) is 17.0. The quantitative estimate of drug-likeness (QED) is 0.150. The molecule has 250 valence electrons. The van der Waals surface area contributed by atoms with Gasteiger partial charge in [0.15, 0.2) is 0 Å². The molecule has 8 aromatic rings. The molecule has 0 N–H and O–H groups in total. The van der Waals surface area contributed by atoms with Crippen LogP contribution in [0.2, 0.25) is 0 Å². The van der Waals surface area contributed by atoms with Gasteiger partial charge in [-0.1, -0.05) is 97.8 Å². The molecule has 9 rings (SSSR count). The van der Waals surface area contributed by atoms with Crippen LogP contribution >= 0.6 is 0 Å². The first kappa shape index (κ1) is 32.6. The predicted octanol–water partition coefficient (Wildman–Crippen LogP) is 11.6. The SMILES string of the molecule is CC(C)c1ccccc1-c1ccnc(-n2c3[c-]c(Oc4[c-]c(N5CN(c6ccccc6)c6ccccc65)ccc4)ccc3c3ccccc32)c1.[Pt+2]. The van der Waals surface area contributed by atoms with E-state index in [0.717, 1.165) is 55.9 Å². The molecule has 0 saturated carbocycles. The van der Waals surface area contributed by atoms with Crippen LogP contribution in [0.1, 0.15) is 25.3 Å². The average Bonchev–Trinajstić information content (AvgIpc) is 3.71. The minimum absolute atomic E-state index is 0. The molecule has 2 aromatic heterocycles. The second kappa shape index (κ2) is 13.6. The summed E-state index contributed by atoms with van der Waals surface area (Å²) >= 11 is 0. The Bertz CT molecular complexity index is 2510. The van der Waals surface area contributed by atoms with E-state index in [1.54, 1.807) is 0 Å². The number of benzene rings is 6. The number of aromatic nitrogens is 2. The number of para-hydroxylation sites is 4. The average molecular weight is 842 g/mol. The van der Waals surface area contributed by atoms with Gasteiger partial charge in [0.05, 0.1) is 18.0 Å².